The molecule has 1 aromatic heterocycles. The lowest BCUT2D eigenvalue weighted by atomic mass is 10.1. The first-order valence-electron chi connectivity index (χ1n) is 10.2. The molecule has 2 aromatic carbocycles. The number of tetrazole rings is 1. The normalized spacial score (nSPS) is 11.0. The Bertz CT molecular complexity index is 1020. The standard InChI is InChI=1S/C22H28FN7O/c1-16-9-10-17(13-20(16)23)15-29(2)12-5-4-11-24-22(31)25-19-8-6-7-18(14-19)21-26-27-28-30(21)3/h6-10,13-14H,4-5,11-12,15H2,1-3H3,(H2,24,25,31). The second-order valence-corrected chi connectivity index (χ2v) is 7.62. The summed E-state index contributed by atoms with van der Waals surface area (Å²) in [5, 5.41) is 17.1. The molecule has 0 saturated carbocycles. The molecule has 2 amide bonds. The molecule has 8 nitrogen and oxygen atoms in total. The van der Waals surface area contributed by atoms with Gasteiger partial charge in [-0.15, -0.1) is 5.10 Å². The number of halogens is 1. The van der Waals surface area contributed by atoms with Gasteiger partial charge in [-0.2, -0.15) is 0 Å². The van der Waals surface area contributed by atoms with Gasteiger partial charge >= 0.3 is 6.03 Å². The molecular weight excluding hydrogens is 397 g/mol. The van der Waals surface area contributed by atoms with E-state index in [9.17, 15) is 9.18 Å². The number of carbonyl (C=O) groups is 1. The summed E-state index contributed by atoms with van der Waals surface area (Å²) in [6, 6.07) is 12.5. The van der Waals surface area contributed by atoms with Gasteiger partial charge in [-0.3, -0.25) is 0 Å². The molecule has 0 fully saturated rings. The first kappa shape index (κ1) is 22.4. The quantitative estimate of drug-likeness (QED) is 0.513. The number of amides is 2. The van der Waals surface area contributed by atoms with Crippen molar-refractivity contribution in [2.24, 2.45) is 7.05 Å². The Balaban J connectivity index is 1.36. The van der Waals surface area contributed by atoms with Crippen molar-refractivity contribution in [2.45, 2.75) is 26.3 Å². The monoisotopic (exact) mass is 425 g/mol. The van der Waals surface area contributed by atoms with E-state index in [1.54, 1.807) is 30.8 Å². The number of hydrogen-bond acceptors (Lipinski definition) is 5. The van der Waals surface area contributed by atoms with Crippen molar-refractivity contribution in [1.82, 2.24) is 30.4 Å². The van der Waals surface area contributed by atoms with Crippen molar-refractivity contribution in [1.29, 1.82) is 0 Å². The van der Waals surface area contributed by atoms with E-state index in [1.165, 1.54) is 0 Å². The number of urea groups is 1. The molecule has 0 spiro atoms. The average Bonchev–Trinajstić information content (AvgIpc) is 3.16. The van der Waals surface area contributed by atoms with Crippen LogP contribution in [-0.2, 0) is 13.6 Å². The van der Waals surface area contributed by atoms with Crippen LogP contribution in [0.15, 0.2) is 42.5 Å². The summed E-state index contributed by atoms with van der Waals surface area (Å²) in [6.07, 6.45) is 1.78. The highest BCUT2D eigenvalue weighted by Crippen LogP contribution is 2.19. The smallest absolute Gasteiger partial charge is 0.319 e. The van der Waals surface area contributed by atoms with E-state index < -0.39 is 0 Å². The number of nitrogens with zero attached hydrogens (tertiary/aromatic N) is 5. The molecule has 0 bridgehead atoms. The van der Waals surface area contributed by atoms with Gasteiger partial charge in [0.05, 0.1) is 0 Å². The van der Waals surface area contributed by atoms with Crippen LogP contribution in [0.2, 0.25) is 0 Å². The fourth-order valence-corrected chi connectivity index (χ4v) is 3.22. The second-order valence-electron chi connectivity index (χ2n) is 7.62. The fraction of sp³-hybridized carbons (Fsp3) is 0.364. The summed E-state index contributed by atoms with van der Waals surface area (Å²) < 4.78 is 15.2. The SMILES string of the molecule is Cc1ccc(CN(C)CCCCNC(=O)Nc2cccc(-c3nnnn3C)c2)cc1F. The third-order valence-corrected chi connectivity index (χ3v) is 4.94. The van der Waals surface area contributed by atoms with Gasteiger partial charge in [-0.1, -0.05) is 24.3 Å². The Morgan fingerprint density at radius 1 is 1.19 bits per heavy atom. The minimum absolute atomic E-state index is 0.167. The summed E-state index contributed by atoms with van der Waals surface area (Å²) >= 11 is 0. The van der Waals surface area contributed by atoms with Crippen molar-refractivity contribution >= 4 is 11.7 Å². The molecule has 0 aliphatic carbocycles. The van der Waals surface area contributed by atoms with E-state index >= 15 is 0 Å². The number of hydrogen-bond donors (Lipinski definition) is 2. The first-order chi connectivity index (χ1) is 14.9. The number of carbonyl (C=O) groups excluding carboxylic acids is 1. The molecule has 0 aliphatic rings. The maximum absolute atomic E-state index is 13.7. The van der Waals surface area contributed by atoms with Crippen LogP contribution >= 0.6 is 0 Å². The molecule has 3 aromatic rings. The summed E-state index contributed by atoms with van der Waals surface area (Å²) in [5.74, 6) is 0.460. The minimum Gasteiger partial charge on any atom is -0.338 e. The van der Waals surface area contributed by atoms with Crippen LogP contribution in [-0.4, -0.2) is 51.3 Å². The predicted molar refractivity (Wildman–Crippen MR) is 118 cm³/mol. The van der Waals surface area contributed by atoms with Crippen LogP contribution < -0.4 is 10.6 Å². The fourth-order valence-electron chi connectivity index (χ4n) is 3.22. The van der Waals surface area contributed by atoms with Crippen molar-refractivity contribution in [3.8, 4) is 11.4 Å². The summed E-state index contributed by atoms with van der Waals surface area (Å²) in [5.41, 5.74) is 3.11. The van der Waals surface area contributed by atoms with Gasteiger partial charge in [-0.05, 0) is 73.1 Å². The molecule has 164 valence electrons. The lowest BCUT2D eigenvalue weighted by Gasteiger charge is -2.17. The highest BCUT2D eigenvalue weighted by molar-refractivity contribution is 5.89. The predicted octanol–water partition coefficient (Wildman–Crippen LogP) is 3.36. The van der Waals surface area contributed by atoms with Gasteiger partial charge in [0.25, 0.3) is 0 Å². The maximum atomic E-state index is 13.7. The van der Waals surface area contributed by atoms with Crippen LogP contribution in [0.3, 0.4) is 0 Å². The van der Waals surface area contributed by atoms with Gasteiger partial charge in [-0.25, -0.2) is 13.9 Å². The Kier molecular flexibility index (Phi) is 7.66. The molecule has 0 unspecified atom stereocenters. The number of aromatic nitrogens is 4. The van der Waals surface area contributed by atoms with Crippen LogP contribution in [0.1, 0.15) is 24.0 Å². The van der Waals surface area contributed by atoms with E-state index in [-0.39, 0.29) is 11.8 Å². The zero-order valence-electron chi connectivity index (χ0n) is 18.1. The Morgan fingerprint density at radius 2 is 2.03 bits per heavy atom. The molecule has 2 N–H and O–H groups in total. The van der Waals surface area contributed by atoms with Crippen LogP contribution in [0.25, 0.3) is 11.4 Å². The Labute approximate surface area is 181 Å². The molecular formula is C22H28FN7O. The van der Waals surface area contributed by atoms with Crippen molar-refractivity contribution in [2.75, 3.05) is 25.5 Å². The third kappa shape index (κ3) is 6.58. The molecule has 0 radical (unpaired) electrons. The summed E-state index contributed by atoms with van der Waals surface area (Å²) in [6.45, 7) is 3.90. The molecule has 31 heavy (non-hydrogen) atoms. The number of anilines is 1. The largest absolute Gasteiger partial charge is 0.338 e. The number of nitrogens with one attached hydrogen (secondary N) is 2. The highest BCUT2D eigenvalue weighted by Gasteiger charge is 2.08. The van der Waals surface area contributed by atoms with Gasteiger partial charge in [0.15, 0.2) is 5.82 Å². The zero-order valence-corrected chi connectivity index (χ0v) is 18.1. The van der Waals surface area contributed by atoms with Crippen molar-refractivity contribution in [3.05, 3.63) is 59.4 Å². The Morgan fingerprint density at radius 3 is 2.77 bits per heavy atom. The Hall–Kier alpha value is -3.33. The molecule has 0 atom stereocenters. The van der Waals surface area contributed by atoms with E-state index in [1.807, 2.05) is 37.4 Å². The number of benzene rings is 2. The first-order valence-corrected chi connectivity index (χ1v) is 10.2. The van der Waals surface area contributed by atoms with E-state index in [0.717, 1.165) is 30.5 Å². The maximum Gasteiger partial charge on any atom is 0.319 e. The minimum atomic E-state index is -0.253. The van der Waals surface area contributed by atoms with Crippen molar-refractivity contribution in [3.63, 3.8) is 0 Å². The number of aryl methyl sites for hydroxylation is 2. The van der Waals surface area contributed by atoms with E-state index in [2.05, 4.69) is 31.1 Å². The molecule has 1 heterocycles. The lowest BCUT2D eigenvalue weighted by Crippen LogP contribution is -2.30. The molecule has 9 heteroatoms. The van der Waals surface area contributed by atoms with Gasteiger partial charge in [0.1, 0.15) is 5.82 Å². The van der Waals surface area contributed by atoms with Gasteiger partial charge < -0.3 is 15.5 Å². The van der Waals surface area contributed by atoms with Crippen molar-refractivity contribution < 1.29 is 9.18 Å². The van der Waals surface area contributed by atoms with Crippen LogP contribution in [0.5, 0.6) is 0 Å². The van der Waals surface area contributed by atoms with Gasteiger partial charge in [0.2, 0.25) is 0 Å². The second kappa shape index (κ2) is 10.6. The third-order valence-electron chi connectivity index (χ3n) is 4.94. The average molecular weight is 426 g/mol. The lowest BCUT2D eigenvalue weighted by molar-refractivity contribution is 0.251. The topological polar surface area (TPSA) is 88.0 Å². The van der Waals surface area contributed by atoms with Crippen LogP contribution in [0.4, 0.5) is 14.9 Å². The molecule has 3 rings (SSSR count). The number of rotatable bonds is 9. The van der Waals surface area contributed by atoms with Crippen LogP contribution in [0, 0.1) is 12.7 Å². The van der Waals surface area contributed by atoms with E-state index in [4.69, 9.17) is 0 Å². The molecule has 0 aliphatic heterocycles. The highest BCUT2D eigenvalue weighted by atomic mass is 19.1. The van der Waals surface area contributed by atoms with Gasteiger partial charge in [0, 0.05) is 31.4 Å². The zero-order chi connectivity index (χ0) is 22.2. The molecule has 0 saturated heterocycles. The summed E-state index contributed by atoms with van der Waals surface area (Å²) in [7, 11) is 3.77. The summed E-state index contributed by atoms with van der Waals surface area (Å²) in [4.78, 5) is 14.3. The van der Waals surface area contributed by atoms with E-state index in [0.29, 0.717) is 30.2 Å². The number of unbranched alkanes of at least 4 members (excludes halogenated alkanes) is 1.